The van der Waals surface area contributed by atoms with Crippen LogP contribution in [-0.4, -0.2) is 23.0 Å². The van der Waals surface area contributed by atoms with Crippen molar-refractivity contribution in [1.82, 2.24) is 5.32 Å². The van der Waals surface area contributed by atoms with Gasteiger partial charge >= 0.3 is 5.97 Å². The number of hydrogen-bond acceptors (Lipinski definition) is 3. The van der Waals surface area contributed by atoms with Gasteiger partial charge in [-0.1, -0.05) is 12.8 Å². The number of aliphatic carboxylic acids is 1. The molecule has 1 aliphatic rings. The van der Waals surface area contributed by atoms with Gasteiger partial charge in [0.15, 0.2) is 0 Å². The fraction of sp³-hybridized carbons (Fsp3) is 0.600. The molecule has 2 rings (SSSR count). The van der Waals surface area contributed by atoms with Crippen LogP contribution in [0.25, 0.3) is 0 Å². The molecule has 2 atom stereocenters. The Morgan fingerprint density at radius 1 is 1.15 bits per heavy atom. The Labute approximate surface area is 118 Å². The lowest BCUT2D eigenvalue weighted by atomic mass is 9.84. The zero-order chi connectivity index (χ0) is 14.9. The van der Waals surface area contributed by atoms with Crippen LogP contribution in [0.1, 0.15) is 53.1 Å². The highest BCUT2D eigenvalue weighted by atomic mass is 16.4. The molecule has 5 nitrogen and oxygen atoms in total. The van der Waals surface area contributed by atoms with Gasteiger partial charge in [-0.3, -0.25) is 9.59 Å². The highest BCUT2D eigenvalue weighted by molar-refractivity contribution is 5.97. The van der Waals surface area contributed by atoms with Crippen LogP contribution in [-0.2, 0) is 4.79 Å². The van der Waals surface area contributed by atoms with Crippen LogP contribution < -0.4 is 5.32 Å². The predicted octanol–water partition coefficient (Wildman–Crippen LogP) is 2.58. The first-order chi connectivity index (χ1) is 9.41. The molecule has 20 heavy (non-hydrogen) atoms. The summed E-state index contributed by atoms with van der Waals surface area (Å²) >= 11 is 0. The van der Waals surface area contributed by atoms with Gasteiger partial charge in [-0.05, 0) is 33.6 Å². The van der Waals surface area contributed by atoms with Crippen molar-refractivity contribution in [2.75, 3.05) is 0 Å². The Morgan fingerprint density at radius 2 is 1.80 bits per heavy atom. The molecule has 1 aromatic rings. The average molecular weight is 279 g/mol. The Bertz CT molecular complexity index is 532. The summed E-state index contributed by atoms with van der Waals surface area (Å²) in [4.78, 5) is 23.6. The zero-order valence-corrected chi connectivity index (χ0v) is 12.2. The minimum absolute atomic E-state index is 0.227. The molecular formula is C15H21NO4. The molecule has 0 spiro atoms. The largest absolute Gasteiger partial charge is 0.481 e. The first-order valence-electron chi connectivity index (χ1n) is 7.02. The maximum atomic E-state index is 12.4. The lowest BCUT2D eigenvalue weighted by Crippen LogP contribution is -2.45. The topological polar surface area (TPSA) is 79.5 Å². The van der Waals surface area contributed by atoms with Gasteiger partial charge in [0.25, 0.3) is 5.91 Å². The van der Waals surface area contributed by atoms with E-state index < -0.39 is 11.9 Å². The molecule has 1 heterocycles. The standard InChI is InChI=1S/C15H21NO4/c1-8-9(2)20-10(3)13(8)14(17)16-12-7-5-4-6-11(12)15(18)19/h11-12H,4-7H2,1-3H3,(H,16,17)(H,18,19). The fourth-order valence-electron chi connectivity index (χ4n) is 2.97. The number of carbonyl (C=O) groups excluding carboxylic acids is 1. The molecule has 5 heteroatoms. The van der Waals surface area contributed by atoms with E-state index in [2.05, 4.69) is 5.32 Å². The van der Waals surface area contributed by atoms with E-state index in [0.29, 0.717) is 17.7 Å². The van der Waals surface area contributed by atoms with Crippen LogP contribution in [0.5, 0.6) is 0 Å². The number of carbonyl (C=O) groups is 2. The number of nitrogens with one attached hydrogen (secondary N) is 1. The normalized spacial score (nSPS) is 22.6. The fourth-order valence-corrected chi connectivity index (χ4v) is 2.97. The summed E-state index contributed by atoms with van der Waals surface area (Å²) < 4.78 is 5.45. The summed E-state index contributed by atoms with van der Waals surface area (Å²) in [6.07, 6.45) is 3.21. The Morgan fingerprint density at radius 3 is 2.35 bits per heavy atom. The molecule has 0 radical (unpaired) electrons. The van der Waals surface area contributed by atoms with Crippen molar-refractivity contribution >= 4 is 11.9 Å². The van der Waals surface area contributed by atoms with Gasteiger partial charge in [-0.2, -0.15) is 0 Å². The third-order valence-corrected chi connectivity index (χ3v) is 4.19. The van der Waals surface area contributed by atoms with Crippen molar-refractivity contribution in [2.45, 2.75) is 52.5 Å². The smallest absolute Gasteiger partial charge is 0.308 e. The Hall–Kier alpha value is -1.78. The number of rotatable bonds is 3. The molecule has 0 saturated heterocycles. The van der Waals surface area contributed by atoms with E-state index in [9.17, 15) is 14.7 Å². The van der Waals surface area contributed by atoms with Crippen molar-refractivity contribution in [3.8, 4) is 0 Å². The molecule has 110 valence electrons. The summed E-state index contributed by atoms with van der Waals surface area (Å²) in [5, 5.41) is 12.1. The average Bonchev–Trinajstić information content (AvgIpc) is 2.63. The molecule has 1 amide bonds. The quantitative estimate of drug-likeness (QED) is 0.891. The van der Waals surface area contributed by atoms with Crippen molar-refractivity contribution in [3.05, 3.63) is 22.6 Å². The zero-order valence-electron chi connectivity index (χ0n) is 12.2. The van der Waals surface area contributed by atoms with Crippen molar-refractivity contribution in [1.29, 1.82) is 0 Å². The lowest BCUT2D eigenvalue weighted by molar-refractivity contribution is -0.143. The van der Waals surface area contributed by atoms with Gasteiger partial charge in [-0.15, -0.1) is 0 Å². The first-order valence-corrected chi connectivity index (χ1v) is 7.02. The van der Waals surface area contributed by atoms with E-state index in [1.165, 1.54) is 0 Å². The monoisotopic (exact) mass is 279 g/mol. The van der Waals surface area contributed by atoms with E-state index in [4.69, 9.17) is 4.42 Å². The third kappa shape index (κ3) is 2.71. The van der Waals surface area contributed by atoms with Crippen molar-refractivity contribution in [3.63, 3.8) is 0 Å². The Kier molecular flexibility index (Phi) is 4.16. The molecule has 1 aliphatic carbocycles. The van der Waals surface area contributed by atoms with E-state index >= 15 is 0 Å². The minimum atomic E-state index is -0.827. The maximum Gasteiger partial charge on any atom is 0.308 e. The Balaban J connectivity index is 2.16. The van der Waals surface area contributed by atoms with Crippen molar-refractivity contribution < 1.29 is 19.1 Å². The molecular weight excluding hydrogens is 258 g/mol. The molecule has 0 bridgehead atoms. The van der Waals surface area contributed by atoms with Crippen LogP contribution in [0.15, 0.2) is 4.42 Å². The second-order valence-electron chi connectivity index (χ2n) is 5.52. The van der Waals surface area contributed by atoms with Gasteiger partial charge in [0, 0.05) is 11.6 Å². The minimum Gasteiger partial charge on any atom is -0.481 e. The van der Waals surface area contributed by atoms with Gasteiger partial charge in [-0.25, -0.2) is 0 Å². The number of furan rings is 1. The van der Waals surface area contributed by atoms with Gasteiger partial charge in [0.2, 0.25) is 0 Å². The van der Waals surface area contributed by atoms with E-state index in [1.807, 2.05) is 13.8 Å². The molecule has 2 unspecified atom stereocenters. The van der Waals surface area contributed by atoms with Gasteiger partial charge < -0.3 is 14.8 Å². The second kappa shape index (κ2) is 5.69. The van der Waals surface area contributed by atoms with Crippen LogP contribution in [0.3, 0.4) is 0 Å². The SMILES string of the molecule is Cc1oc(C)c(C(=O)NC2CCCCC2C(=O)O)c1C. The second-order valence-corrected chi connectivity index (χ2v) is 5.52. The van der Waals surface area contributed by atoms with Crippen LogP contribution >= 0.6 is 0 Å². The molecule has 1 fully saturated rings. The summed E-state index contributed by atoms with van der Waals surface area (Å²) in [5.74, 6) is -0.227. The molecule has 0 aliphatic heterocycles. The molecule has 1 saturated carbocycles. The number of carboxylic acids is 1. The summed E-state index contributed by atoms with van der Waals surface area (Å²) in [7, 11) is 0. The number of aryl methyl sites for hydroxylation is 2. The summed E-state index contributed by atoms with van der Waals surface area (Å²) in [6.45, 7) is 5.42. The van der Waals surface area contributed by atoms with Crippen LogP contribution in [0.2, 0.25) is 0 Å². The van der Waals surface area contributed by atoms with E-state index in [0.717, 1.165) is 30.6 Å². The van der Waals surface area contributed by atoms with Crippen molar-refractivity contribution in [2.24, 2.45) is 5.92 Å². The van der Waals surface area contributed by atoms with Gasteiger partial charge in [0.1, 0.15) is 11.5 Å². The highest BCUT2D eigenvalue weighted by Crippen LogP contribution is 2.26. The van der Waals surface area contributed by atoms with Gasteiger partial charge in [0.05, 0.1) is 11.5 Å². The van der Waals surface area contributed by atoms with Crippen LogP contribution in [0.4, 0.5) is 0 Å². The van der Waals surface area contributed by atoms with Crippen LogP contribution in [0, 0.1) is 26.7 Å². The number of hydrogen-bond donors (Lipinski definition) is 2. The van der Waals surface area contributed by atoms with E-state index in [-0.39, 0.29) is 11.9 Å². The predicted molar refractivity (Wildman–Crippen MR) is 73.8 cm³/mol. The lowest BCUT2D eigenvalue weighted by Gasteiger charge is -2.29. The van der Waals surface area contributed by atoms with E-state index in [1.54, 1.807) is 6.92 Å². The summed E-state index contributed by atoms with van der Waals surface area (Å²) in [6, 6.07) is -0.289. The third-order valence-electron chi connectivity index (χ3n) is 4.19. The first kappa shape index (κ1) is 14.6. The molecule has 2 N–H and O–H groups in total. The highest BCUT2D eigenvalue weighted by Gasteiger charge is 2.33. The molecule has 1 aromatic heterocycles. The molecule has 0 aromatic carbocycles. The summed E-state index contributed by atoms with van der Waals surface area (Å²) in [5.41, 5.74) is 1.36. The number of amides is 1. The maximum absolute atomic E-state index is 12.4. The number of carboxylic acid groups (broad SMARTS) is 1.